The molecule has 3 heterocycles. The van der Waals surface area contributed by atoms with Crippen molar-refractivity contribution < 1.29 is 18.4 Å². The van der Waals surface area contributed by atoms with Crippen molar-refractivity contribution in [2.24, 2.45) is 5.92 Å². The third-order valence-corrected chi connectivity index (χ3v) is 5.45. The van der Waals surface area contributed by atoms with E-state index in [0.717, 1.165) is 0 Å². The minimum Gasteiger partial charge on any atom is -0.338 e. The largest absolute Gasteiger partial charge is 0.338 e. The van der Waals surface area contributed by atoms with Crippen molar-refractivity contribution >= 4 is 39.6 Å². The fourth-order valence-electron chi connectivity index (χ4n) is 2.48. The number of nitrogens with one attached hydrogen (secondary N) is 1. The Labute approximate surface area is 144 Å². The molecule has 1 aliphatic rings. The number of carbonyl (C=O) groups excluding carboxylic acids is 2. The summed E-state index contributed by atoms with van der Waals surface area (Å²) < 4.78 is 24.9. The van der Waals surface area contributed by atoms with Gasteiger partial charge in [0.25, 0.3) is 12.3 Å². The molecule has 0 bridgehead atoms. The standard InChI is InChI=1S/C14H14F2N4O2S2/c15-10(16)12-18-19-14(24-12)17-11(21)8-3-5-20(6-4-8)13(22)9-2-1-7-23-9/h1-2,7-8,10H,3-6H2,(H,17,19,21). The zero-order chi connectivity index (χ0) is 17.1. The van der Waals surface area contributed by atoms with E-state index >= 15 is 0 Å². The van der Waals surface area contributed by atoms with Crippen LogP contribution in [0.15, 0.2) is 17.5 Å². The Morgan fingerprint density at radius 3 is 2.62 bits per heavy atom. The summed E-state index contributed by atoms with van der Waals surface area (Å²) in [7, 11) is 0. The number of hydrogen-bond donors (Lipinski definition) is 1. The summed E-state index contributed by atoms with van der Waals surface area (Å²) in [6, 6.07) is 3.61. The molecular formula is C14H14F2N4O2S2. The quantitative estimate of drug-likeness (QED) is 0.895. The molecule has 0 aromatic carbocycles. The molecule has 2 amide bonds. The summed E-state index contributed by atoms with van der Waals surface area (Å²) in [6.45, 7) is 0.987. The van der Waals surface area contributed by atoms with Crippen LogP contribution in [0.1, 0.15) is 33.9 Å². The van der Waals surface area contributed by atoms with Crippen LogP contribution in [-0.2, 0) is 4.79 Å². The van der Waals surface area contributed by atoms with Crippen molar-refractivity contribution in [3.63, 3.8) is 0 Å². The van der Waals surface area contributed by atoms with E-state index in [1.807, 2.05) is 11.4 Å². The number of carbonyl (C=O) groups is 2. The van der Waals surface area contributed by atoms with Crippen LogP contribution in [0.5, 0.6) is 0 Å². The van der Waals surface area contributed by atoms with E-state index < -0.39 is 11.4 Å². The smallest absolute Gasteiger partial charge is 0.291 e. The van der Waals surface area contributed by atoms with E-state index in [0.29, 0.717) is 42.1 Å². The van der Waals surface area contributed by atoms with Crippen LogP contribution in [0.25, 0.3) is 0 Å². The second kappa shape index (κ2) is 7.31. The van der Waals surface area contributed by atoms with Crippen molar-refractivity contribution in [2.75, 3.05) is 18.4 Å². The highest BCUT2D eigenvalue weighted by Gasteiger charge is 2.29. The van der Waals surface area contributed by atoms with Crippen LogP contribution in [-0.4, -0.2) is 40.0 Å². The Bertz CT molecular complexity index is 712. The highest BCUT2D eigenvalue weighted by molar-refractivity contribution is 7.15. The van der Waals surface area contributed by atoms with Gasteiger partial charge >= 0.3 is 0 Å². The Balaban J connectivity index is 1.52. The minimum atomic E-state index is -2.69. The van der Waals surface area contributed by atoms with Crippen molar-refractivity contribution in [2.45, 2.75) is 19.3 Å². The van der Waals surface area contributed by atoms with Crippen molar-refractivity contribution in [1.82, 2.24) is 15.1 Å². The van der Waals surface area contributed by atoms with Gasteiger partial charge in [-0.1, -0.05) is 17.4 Å². The van der Waals surface area contributed by atoms with E-state index in [4.69, 9.17) is 0 Å². The number of anilines is 1. The molecule has 6 nitrogen and oxygen atoms in total. The first-order valence-electron chi connectivity index (χ1n) is 7.30. The number of amides is 2. The van der Waals surface area contributed by atoms with Gasteiger partial charge in [-0.05, 0) is 24.3 Å². The number of alkyl halides is 2. The van der Waals surface area contributed by atoms with E-state index in [-0.39, 0.29) is 22.9 Å². The summed E-state index contributed by atoms with van der Waals surface area (Å²) in [5, 5.41) is 10.9. The van der Waals surface area contributed by atoms with Crippen LogP contribution >= 0.6 is 22.7 Å². The van der Waals surface area contributed by atoms with Gasteiger partial charge < -0.3 is 10.2 Å². The van der Waals surface area contributed by atoms with Gasteiger partial charge in [-0.15, -0.1) is 21.5 Å². The average Bonchev–Trinajstić information content (AvgIpc) is 3.26. The second-order valence-electron chi connectivity index (χ2n) is 5.28. The molecule has 0 aliphatic carbocycles. The fraction of sp³-hybridized carbons (Fsp3) is 0.429. The maximum Gasteiger partial charge on any atom is 0.291 e. The first-order chi connectivity index (χ1) is 11.5. The third kappa shape index (κ3) is 3.75. The fourth-order valence-corrected chi connectivity index (χ4v) is 3.77. The normalized spacial score (nSPS) is 15.7. The monoisotopic (exact) mass is 372 g/mol. The van der Waals surface area contributed by atoms with E-state index in [2.05, 4.69) is 15.5 Å². The van der Waals surface area contributed by atoms with Crippen molar-refractivity contribution in [3.8, 4) is 0 Å². The number of rotatable bonds is 4. The molecule has 0 spiro atoms. The van der Waals surface area contributed by atoms with Crippen LogP contribution in [0, 0.1) is 5.92 Å². The van der Waals surface area contributed by atoms with E-state index in [1.165, 1.54) is 11.3 Å². The number of hydrogen-bond acceptors (Lipinski definition) is 6. The predicted octanol–water partition coefficient (Wildman–Crippen LogP) is 3.03. The maximum absolute atomic E-state index is 12.5. The minimum absolute atomic E-state index is 0.0189. The molecule has 1 saturated heterocycles. The lowest BCUT2D eigenvalue weighted by Gasteiger charge is -2.30. The lowest BCUT2D eigenvalue weighted by molar-refractivity contribution is -0.121. The zero-order valence-corrected chi connectivity index (χ0v) is 14.1. The molecule has 10 heteroatoms. The highest BCUT2D eigenvalue weighted by atomic mass is 32.1. The van der Waals surface area contributed by atoms with Gasteiger partial charge in [0.1, 0.15) is 0 Å². The van der Waals surface area contributed by atoms with Gasteiger partial charge in [-0.25, -0.2) is 8.78 Å². The predicted molar refractivity (Wildman–Crippen MR) is 86.4 cm³/mol. The van der Waals surface area contributed by atoms with Crippen LogP contribution in [0.4, 0.5) is 13.9 Å². The molecule has 0 atom stereocenters. The molecule has 0 radical (unpaired) electrons. The SMILES string of the molecule is O=C(Nc1nnc(C(F)F)s1)C1CCN(C(=O)c2cccs2)CC1. The van der Waals surface area contributed by atoms with E-state index in [1.54, 1.807) is 11.0 Å². The number of likely N-dealkylation sites (tertiary alicyclic amines) is 1. The number of nitrogens with zero attached hydrogens (tertiary/aromatic N) is 3. The second-order valence-corrected chi connectivity index (χ2v) is 7.24. The third-order valence-electron chi connectivity index (χ3n) is 3.74. The van der Waals surface area contributed by atoms with Gasteiger partial charge in [0.05, 0.1) is 4.88 Å². The maximum atomic E-state index is 12.5. The number of aromatic nitrogens is 2. The van der Waals surface area contributed by atoms with Gasteiger partial charge in [0.2, 0.25) is 11.0 Å². The van der Waals surface area contributed by atoms with Crippen LogP contribution in [0.2, 0.25) is 0 Å². The first-order valence-corrected chi connectivity index (χ1v) is 8.99. The molecule has 128 valence electrons. The van der Waals surface area contributed by atoms with Crippen molar-refractivity contribution in [1.29, 1.82) is 0 Å². The highest BCUT2D eigenvalue weighted by Crippen LogP contribution is 2.27. The Morgan fingerprint density at radius 2 is 2.04 bits per heavy atom. The van der Waals surface area contributed by atoms with Gasteiger partial charge in [-0.3, -0.25) is 9.59 Å². The van der Waals surface area contributed by atoms with E-state index in [9.17, 15) is 18.4 Å². The number of thiophene rings is 1. The molecule has 2 aromatic heterocycles. The lowest BCUT2D eigenvalue weighted by atomic mass is 9.96. The molecule has 2 aromatic rings. The first kappa shape index (κ1) is 16.9. The Morgan fingerprint density at radius 1 is 1.29 bits per heavy atom. The lowest BCUT2D eigenvalue weighted by Crippen LogP contribution is -2.41. The molecule has 3 rings (SSSR count). The van der Waals surface area contributed by atoms with Crippen LogP contribution in [0.3, 0.4) is 0 Å². The van der Waals surface area contributed by atoms with Crippen LogP contribution < -0.4 is 5.32 Å². The zero-order valence-electron chi connectivity index (χ0n) is 12.4. The summed E-state index contributed by atoms with van der Waals surface area (Å²) in [6.07, 6.45) is -1.63. The Kier molecular flexibility index (Phi) is 5.14. The summed E-state index contributed by atoms with van der Waals surface area (Å²) >= 11 is 2.06. The molecular weight excluding hydrogens is 358 g/mol. The van der Waals surface area contributed by atoms with Crippen molar-refractivity contribution in [3.05, 3.63) is 27.4 Å². The summed E-state index contributed by atoms with van der Waals surface area (Å²) in [4.78, 5) is 26.9. The molecule has 1 aliphatic heterocycles. The summed E-state index contributed by atoms with van der Waals surface area (Å²) in [5.74, 6) is -0.555. The molecule has 1 N–H and O–H groups in total. The summed E-state index contributed by atoms with van der Waals surface area (Å²) in [5.41, 5.74) is 0. The number of halogens is 2. The molecule has 1 fully saturated rings. The van der Waals surface area contributed by atoms with Gasteiger partial charge in [0, 0.05) is 19.0 Å². The molecule has 0 unspecified atom stereocenters. The van der Waals surface area contributed by atoms with Gasteiger partial charge in [0.15, 0.2) is 5.01 Å². The average molecular weight is 372 g/mol. The topological polar surface area (TPSA) is 75.2 Å². The van der Waals surface area contributed by atoms with Gasteiger partial charge in [-0.2, -0.15) is 0 Å². The molecule has 24 heavy (non-hydrogen) atoms. The molecule has 0 saturated carbocycles. The Hall–Kier alpha value is -1.94. The number of piperidine rings is 1.